The molecule has 2 amide bonds. The molecule has 32 heavy (non-hydrogen) atoms. The first kappa shape index (κ1) is 22.6. The van der Waals surface area contributed by atoms with Crippen molar-refractivity contribution in [3.05, 3.63) is 0 Å². The van der Waals surface area contributed by atoms with E-state index in [4.69, 9.17) is 4.74 Å². The summed E-state index contributed by atoms with van der Waals surface area (Å²) in [6, 6.07) is 1.11. The molecule has 3 heterocycles. The van der Waals surface area contributed by atoms with Crippen LogP contribution in [0.1, 0.15) is 78.1 Å². The maximum Gasteiger partial charge on any atom is 0.252 e. The lowest BCUT2D eigenvalue weighted by atomic mass is 9.68. The molecule has 1 N–H and O–H groups in total. The van der Waals surface area contributed by atoms with Gasteiger partial charge in [0.15, 0.2) is 0 Å². The van der Waals surface area contributed by atoms with Gasteiger partial charge in [0, 0.05) is 45.2 Å². The first-order valence-corrected chi connectivity index (χ1v) is 13.2. The largest absolute Gasteiger partial charge is 0.368 e. The normalized spacial score (nSPS) is 41.0. The number of nitrogens with zero attached hydrogens (tertiary/aromatic N) is 3. The zero-order valence-corrected chi connectivity index (χ0v) is 20.0. The van der Waals surface area contributed by atoms with Crippen molar-refractivity contribution in [3.63, 3.8) is 0 Å². The molecule has 3 aliphatic heterocycles. The molecule has 3 saturated heterocycles. The Kier molecular flexibility index (Phi) is 6.77. The Morgan fingerprint density at radius 2 is 1.72 bits per heavy atom. The number of ether oxygens (including phenoxy) is 1. The van der Waals surface area contributed by atoms with E-state index in [1.54, 1.807) is 6.92 Å². The van der Waals surface area contributed by atoms with Gasteiger partial charge in [-0.25, -0.2) is 5.01 Å². The number of hydrogen-bond acceptors (Lipinski definition) is 5. The van der Waals surface area contributed by atoms with Crippen LogP contribution in [0.3, 0.4) is 0 Å². The molecule has 2 saturated carbocycles. The van der Waals surface area contributed by atoms with E-state index in [0.29, 0.717) is 25.1 Å². The lowest BCUT2D eigenvalue weighted by Crippen LogP contribution is -2.68. The number of nitrogens with one attached hydrogen (secondary N) is 1. The van der Waals surface area contributed by atoms with Crippen LogP contribution in [0.25, 0.3) is 0 Å². The third-order valence-electron chi connectivity index (χ3n) is 9.11. The highest BCUT2D eigenvalue weighted by molar-refractivity contribution is 5.82. The number of carbonyl (C=O) groups is 2. The lowest BCUT2D eigenvalue weighted by Gasteiger charge is -2.55. The minimum absolute atomic E-state index is 0.0825. The minimum atomic E-state index is -0.268. The molecule has 180 valence electrons. The van der Waals surface area contributed by atoms with Gasteiger partial charge in [0.1, 0.15) is 6.10 Å². The predicted molar refractivity (Wildman–Crippen MR) is 123 cm³/mol. The first-order chi connectivity index (χ1) is 15.5. The van der Waals surface area contributed by atoms with Crippen molar-refractivity contribution in [2.24, 2.45) is 11.8 Å². The van der Waals surface area contributed by atoms with E-state index >= 15 is 0 Å². The van der Waals surface area contributed by atoms with Gasteiger partial charge < -0.3 is 14.5 Å². The van der Waals surface area contributed by atoms with Gasteiger partial charge >= 0.3 is 0 Å². The van der Waals surface area contributed by atoms with Gasteiger partial charge in [-0.1, -0.05) is 0 Å². The highest BCUT2D eigenvalue weighted by Gasteiger charge is 2.48. The van der Waals surface area contributed by atoms with Crippen molar-refractivity contribution >= 4 is 11.8 Å². The molecule has 0 aromatic rings. The number of hydrogen-bond donors (Lipinski definition) is 1. The van der Waals surface area contributed by atoms with Crippen LogP contribution in [0.15, 0.2) is 0 Å². The molecule has 5 rings (SSSR count). The Balaban J connectivity index is 1.27. The van der Waals surface area contributed by atoms with Crippen LogP contribution < -0.4 is 5.43 Å². The maximum absolute atomic E-state index is 13.4. The van der Waals surface area contributed by atoms with Crippen LogP contribution in [0.5, 0.6) is 0 Å². The first-order valence-electron chi connectivity index (χ1n) is 13.2. The van der Waals surface area contributed by atoms with Crippen LogP contribution in [0.2, 0.25) is 0 Å². The number of hydrazine groups is 1. The van der Waals surface area contributed by atoms with Gasteiger partial charge in [0.05, 0.1) is 12.1 Å². The number of carbonyl (C=O) groups excluding carboxylic acids is 2. The van der Waals surface area contributed by atoms with Crippen molar-refractivity contribution in [1.29, 1.82) is 0 Å². The zero-order chi connectivity index (χ0) is 22.2. The summed E-state index contributed by atoms with van der Waals surface area (Å²) in [5.41, 5.74) is 3.56. The second-order valence-electron chi connectivity index (χ2n) is 11.0. The quantitative estimate of drug-likeness (QED) is 0.722. The molecule has 0 aromatic heterocycles. The molecule has 7 nitrogen and oxygen atoms in total. The fourth-order valence-electron chi connectivity index (χ4n) is 7.59. The molecule has 5 atom stereocenters. The highest BCUT2D eigenvalue weighted by atomic mass is 16.5. The Bertz CT molecular complexity index is 683. The summed E-state index contributed by atoms with van der Waals surface area (Å²) >= 11 is 0. The number of amides is 2. The predicted octanol–water partition coefficient (Wildman–Crippen LogP) is 2.55. The van der Waals surface area contributed by atoms with E-state index in [1.165, 1.54) is 45.1 Å². The van der Waals surface area contributed by atoms with Gasteiger partial charge in [0.25, 0.3) is 5.91 Å². The van der Waals surface area contributed by atoms with Gasteiger partial charge in [-0.05, 0) is 83.0 Å². The molecule has 4 unspecified atom stereocenters. The third kappa shape index (κ3) is 4.32. The number of fused-ring (bicyclic) bond motifs is 1. The monoisotopic (exact) mass is 446 g/mol. The Labute approximate surface area is 193 Å². The van der Waals surface area contributed by atoms with Crippen LogP contribution in [0, 0.1) is 11.8 Å². The van der Waals surface area contributed by atoms with Crippen molar-refractivity contribution < 1.29 is 14.3 Å². The van der Waals surface area contributed by atoms with Crippen molar-refractivity contribution in [2.75, 3.05) is 26.2 Å². The van der Waals surface area contributed by atoms with E-state index < -0.39 is 0 Å². The van der Waals surface area contributed by atoms with Crippen LogP contribution >= 0.6 is 0 Å². The van der Waals surface area contributed by atoms with Crippen LogP contribution in [0.4, 0.5) is 0 Å². The van der Waals surface area contributed by atoms with Gasteiger partial charge in [-0.3, -0.25) is 15.0 Å². The molecular weight excluding hydrogens is 404 g/mol. The fourth-order valence-corrected chi connectivity index (χ4v) is 7.59. The fraction of sp³-hybridized carbons (Fsp3) is 0.920. The second kappa shape index (κ2) is 9.59. The Morgan fingerprint density at radius 3 is 2.38 bits per heavy atom. The topological polar surface area (TPSA) is 65.1 Å². The zero-order valence-electron chi connectivity index (χ0n) is 20.0. The van der Waals surface area contributed by atoms with Crippen molar-refractivity contribution in [3.8, 4) is 0 Å². The summed E-state index contributed by atoms with van der Waals surface area (Å²) in [5, 5.41) is 2.49. The Hall–Kier alpha value is -1.18. The minimum Gasteiger partial charge on any atom is -0.368 e. The van der Waals surface area contributed by atoms with E-state index in [-0.39, 0.29) is 36.0 Å². The molecule has 0 spiro atoms. The maximum atomic E-state index is 13.4. The van der Waals surface area contributed by atoms with Gasteiger partial charge in [-0.15, -0.1) is 0 Å². The van der Waals surface area contributed by atoms with Crippen molar-refractivity contribution in [1.82, 2.24) is 20.2 Å². The van der Waals surface area contributed by atoms with E-state index in [1.807, 2.05) is 0 Å². The molecule has 7 heteroatoms. The molecular formula is C25H42N4O3. The summed E-state index contributed by atoms with van der Waals surface area (Å²) in [4.78, 5) is 30.2. The lowest BCUT2D eigenvalue weighted by molar-refractivity contribution is -0.160. The number of rotatable bonds is 3. The molecule has 0 bridgehead atoms. The van der Waals surface area contributed by atoms with E-state index in [2.05, 4.69) is 27.2 Å². The van der Waals surface area contributed by atoms with Crippen LogP contribution in [-0.2, 0) is 14.3 Å². The SMILES string of the molecule is CC(=O)N1C2CCC(C3CCC(N4CCCN4)CC3)CC2N(C(=O)C2CCCO2)C[C@@H]1C. The molecule has 5 aliphatic rings. The van der Waals surface area contributed by atoms with E-state index in [0.717, 1.165) is 38.1 Å². The summed E-state index contributed by atoms with van der Waals surface area (Å²) in [7, 11) is 0. The highest BCUT2D eigenvalue weighted by Crippen LogP contribution is 2.43. The molecule has 0 aromatic carbocycles. The standard InChI is InChI=1S/C25H42N4O3/c1-17-16-27(25(31)24-5-3-14-32-24)23-15-20(8-11-22(23)29(17)18(2)30)19-6-9-21(10-7-19)28-13-4-12-26-28/h17,19-24,26H,3-16H2,1-2H3/t17-,19?,20?,21?,22?,23?,24?/m0/s1. The van der Waals surface area contributed by atoms with Gasteiger partial charge in [0.2, 0.25) is 5.91 Å². The van der Waals surface area contributed by atoms with Crippen molar-refractivity contribution in [2.45, 2.75) is 108 Å². The average molecular weight is 447 g/mol. The summed E-state index contributed by atoms with van der Waals surface area (Å²) in [6.07, 6.45) is 11.3. The van der Waals surface area contributed by atoms with Crippen LogP contribution in [-0.4, -0.2) is 83.1 Å². The van der Waals surface area contributed by atoms with E-state index in [9.17, 15) is 9.59 Å². The smallest absolute Gasteiger partial charge is 0.252 e. The second-order valence-corrected chi connectivity index (χ2v) is 11.0. The molecule has 2 aliphatic carbocycles. The summed E-state index contributed by atoms with van der Waals surface area (Å²) in [6.45, 7) is 7.48. The van der Waals surface area contributed by atoms with Gasteiger partial charge in [-0.2, -0.15) is 0 Å². The number of piperazine rings is 1. The molecule has 0 radical (unpaired) electrons. The molecule has 5 fully saturated rings. The Morgan fingerprint density at radius 1 is 0.938 bits per heavy atom. The average Bonchev–Trinajstić information content (AvgIpc) is 3.52. The summed E-state index contributed by atoms with van der Waals surface area (Å²) in [5.74, 6) is 1.77. The summed E-state index contributed by atoms with van der Waals surface area (Å²) < 4.78 is 5.78. The third-order valence-corrected chi connectivity index (χ3v) is 9.11.